The molecule has 4 nitrogen and oxygen atoms in total. The third-order valence-corrected chi connectivity index (χ3v) is 4.87. The van der Waals surface area contributed by atoms with Gasteiger partial charge in [0, 0.05) is 18.8 Å². The van der Waals surface area contributed by atoms with Crippen LogP contribution in [-0.2, 0) is 15.6 Å². The summed E-state index contributed by atoms with van der Waals surface area (Å²) in [5, 5.41) is -0.740. The van der Waals surface area contributed by atoms with Gasteiger partial charge in [-0.3, -0.25) is 9.00 Å². The summed E-state index contributed by atoms with van der Waals surface area (Å²) < 4.78 is 26.0. The van der Waals surface area contributed by atoms with Crippen molar-refractivity contribution in [3.05, 3.63) is 24.0 Å². The highest BCUT2D eigenvalue weighted by atomic mass is 32.2. The van der Waals surface area contributed by atoms with Crippen molar-refractivity contribution in [1.82, 2.24) is 4.90 Å². The number of carbonyl (C=O) groups excluding carboxylic acids is 1. The third kappa shape index (κ3) is 2.94. The first-order valence-corrected chi connectivity index (χ1v) is 7.46. The van der Waals surface area contributed by atoms with Crippen LogP contribution in [0.25, 0.3) is 0 Å². The molecule has 104 valence electrons. The van der Waals surface area contributed by atoms with E-state index in [-0.39, 0.29) is 16.5 Å². The van der Waals surface area contributed by atoms with E-state index >= 15 is 0 Å². The van der Waals surface area contributed by atoms with Crippen LogP contribution in [0.15, 0.2) is 23.1 Å². The predicted octanol–water partition coefficient (Wildman–Crippen LogP) is 1.53. The molecule has 1 aliphatic rings. The van der Waals surface area contributed by atoms with Crippen molar-refractivity contribution in [3.63, 3.8) is 0 Å². The highest BCUT2D eigenvalue weighted by Gasteiger charge is 2.29. The van der Waals surface area contributed by atoms with Gasteiger partial charge in [-0.15, -0.1) is 0 Å². The number of halogens is 1. The molecule has 1 aromatic rings. The Bertz CT molecular complexity index is 515. The van der Waals surface area contributed by atoms with Gasteiger partial charge in [-0.05, 0) is 38.0 Å². The summed E-state index contributed by atoms with van der Waals surface area (Å²) in [7, 11) is -1.70. The predicted molar refractivity (Wildman–Crippen MR) is 72.5 cm³/mol. The van der Waals surface area contributed by atoms with Crippen molar-refractivity contribution in [2.45, 2.75) is 29.9 Å². The molecule has 1 heterocycles. The summed E-state index contributed by atoms with van der Waals surface area (Å²) in [6.07, 6.45) is 1.95. The lowest BCUT2D eigenvalue weighted by Crippen LogP contribution is -2.38. The number of hydrogen-bond donors (Lipinski definition) is 1. The van der Waals surface area contributed by atoms with Crippen molar-refractivity contribution in [1.29, 1.82) is 0 Å². The maximum Gasteiger partial charge on any atom is 0.238 e. The first kappa shape index (κ1) is 14.0. The zero-order valence-electron chi connectivity index (χ0n) is 10.8. The SMILES string of the molecule is CC(C(=O)N1CCCC1)S(=O)c1ccc(N)cc1F. The molecule has 2 atom stereocenters. The van der Waals surface area contributed by atoms with Gasteiger partial charge in [-0.2, -0.15) is 0 Å². The number of benzene rings is 1. The summed E-state index contributed by atoms with van der Waals surface area (Å²) >= 11 is 0. The van der Waals surface area contributed by atoms with Gasteiger partial charge in [0.1, 0.15) is 11.1 Å². The van der Waals surface area contributed by atoms with E-state index in [9.17, 15) is 13.4 Å². The molecule has 1 fully saturated rings. The highest BCUT2D eigenvalue weighted by Crippen LogP contribution is 2.20. The number of rotatable bonds is 3. The van der Waals surface area contributed by atoms with Gasteiger partial charge in [0.25, 0.3) is 0 Å². The number of amides is 1. The Morgan fingerprint density at radius 2 is 2.05 bits per heavy atom. The van der Waals surface area contributed by atoms with E-state index in [1.165, 1.54) is 12.1 Å². The molecule has 1 amide bonds. The lowest BCUT2D eigenvalue weighted by molar-refractivity contribution is -0.129. The number of nitrogen functional groups attached to an aromatic ring is 1. The summed E-state index contributed by atoms with van der Waals surface area (Å²) in [4.78, 5) is 13.9. The molecule has 0 aliphatic carbocycles. The van der Waals surface area contributed by atoms with Crippen LogP contribution >= 0.6 is 0 Å². The summed E-state index contributed by atoms with van der Waals surface area (Å²) in [5.41, 5.74) is 5.72. The smallest absolute Gasteiger partial charge is 0.238 e. The lowest BCUT2D eigenvalue weighted by Gasteiger charge is -2.20. The molecule has 6 heteroatoms. The fourth-order valence-electron chi connectivity index (χ4n) is 2.16. The molecule has 1 aromatic carbocycles. The number of likely N-dealkylation sites (tertiary alicyclic amines) is 1. The summed E-state index contributed by atoms with van der Waals surface area (Å²) in [6.45, 7) is 2.97. The van der Waals surface area contributed by atoms with Crippen molar-refractivity contribution < 1.29 is 13.4 Å². The monoisotopic (exact) mass is 284 g/mol. The molecular weight excluding hydrogens is 267 g/mol. The van der Waals surface area contributed by atoms with E-state index in [0.29, 0.717) is 13.1 Å². The summed E-state index contributed by atoms with van der Waals surface area (Å²) in [5.74, 6) is -0.800. The second-order valence-electron chi connectivity index (χ2n) is 4.66. The fourth-order valence-corrected chi connectivity index (χ4v) is 3.32. The van der Waals surface area contributed by atoms with E-state index in [0.717, 1.165) is 18.9 Å². The van der Waals surface area contributed by atoms with Crippen molar-refractivity contribution in [2.24, 2.45) is 0 Å². The van der Waals surface area contributed by atoms with Crippen LogP contribution < -0.4 is 5.73 Å². The van der Waals surface area contributed by atoms with E-state index in [2.05, 4.69) is 0 Å². The average Bonchev–Trinajstić information content (AvgIpc) is 2.90. The third-order valence-electron chi connectivity index (χ3n) is 3.26. The highest BCUT2D eigenvalue weighted by molar-refractivity contribution is 7.86. The molecule has 0 radical (unpaired) electrons. The number of carbonyl (C=O) groups is 1. The Balaban J connectivity index is 2.16. The van der Waals surface area contributed by atoms with Gasteiger partial charge in [0.2, 0.25) is 5.91 Å². The van der Waals surface area contributed by atoms with Crippen LogP contribution in [-0.4, -0.2) is 33.4 Å². The molecule has 0 bridgehead atoms. The van der Waals surface area contributed by atoms with Crippen LogP contribution in [0.1, 0.15) is 19.8 Å². The van der Waals surface area contributed by atoms with Gasteiger partial charge in [0.15, 0.2) is 0 Å². The van der Waals surface area contributed by atoms with E-state index in [4.69, 9.17) is 5.73 Å². The molecule has 19 heavy (non-hydrogen) atoms. The standard InChI is InChI=1S/C13H17FN2O2S/c1-9(13(17)16-6-2-3-7-16)19(18)12-5-4-10(15)8-11(12)14/h4-5,8-9H,2-3,6-7,15H2,1H3. The first-order chi connectivity index (χ1) is 9.00. The molecule has 0 spiro atoms. The van der Waals surface area contributed by atoms with Gasteiger partial charge >= 0.3 is 0 Å². The van der Waals surface area contributed by atoms with Crippen LogP contribution in [0.3, 0.4) is 0 Å². The second-order valence-corrected chi connectivity index (χ2v) is 6.40. The van der Waals surface area contributed by atoms with Crippen molar-refractivity contribution >= 4 is 22.4 Å². The second kappa shape index (κ2) is 5.69. The Kier molecular flexibility index (Phi) is 4.19. The molecule has 2 unspecified atom stereocenters. The number of nitrogens with two attached hydrogens (primary N) is 1. The van der Waals surface area contributed by atoms with E-state index < -0.39 is 21.9 Å². The van der Waals surface area contributed by atoms with E-state index in [1.54, 1.807) is 11.8 Å². The van der Waals surface area contributed by atoms with Crippen molar-refractivity contribution in [3.8, 4) is 0 Å². The van der Waals surface area contributed by atoms with Gasteiger partial charge in [0.05, 0.1) is 15.7 Å². The van der Waals surface area contributed by atoms with Gasteiger partial charge in [-0.25, -0.2) is 4.39 Å². The molecular formula is C13H17FN2O2S. The van der Waals surface area contributed by atoms with E-state index in [1.807, 2.05) is 0 Å². The lowest BCUT2D eigenvalue weighted by atomic mass is 10.3. The average molecular weight is 284 g/mol. The molecule has 1 aliphatic heterocycles. The quantitative estimate of drug-likeness (QED) is 0.856. The maximum atomic E-state index is 13.7. The number of nitrogens with zero attached hydrogens (tertiary/aromatic N) is 1. The Hall–Kier alpha value is -1.43. The minimum absolute atomic E-state index is 0.0363. The minimum Gasteiger partial charge on any atom is -0.399 e. The Labute approximate surface area is 114 Å². The zero-order chi connectivity index (χ0) is 14.0. The fraction of sp³-hybridized carbons (Fsp3) is 0.462. The van der Waals surface area contributed by atoms with Crippen molar-refractivity contribution in [2.75, 3.05) is 18.8 Å². The Morgan fingerprint density at radius 1 is 1.42 bits per heavy atom. The topological polar surface area (TPSA) is 63.4 Å². The van der Waals surface area contributed by atoms with Gasteiger partial charge < -0.3 is 10.6 Å². The van der Waals surface area contributed by atoms with Crippen LogP contribution in [0, 0.1) is 5.82 Å². The maximum absolute atomic E-state index is 13.7. The molecule has 2 rings (SSSR count). The van der Waals surface area contributed by atoms with Crippen LogP contribution in [0.5, 0.6) is 0 Å². The zero-order valence-corrected chi connectivity index (χ0v) is 11.6. The summed E-state index contributed by atoms with van der Waals surface area (Å²) in [6, 6.07) is 4.00. The molecule has 0 saturated carbocycles. The van der Waals surface area contributed by atoms with Gasteiger partial charge in [-0.1, -0.05) is 0 Å². The van der Waals surface area contributed by atoms with Crippen LogP contribution in [0.2, 0.25) is 0 Å². The molecule has 0 aromatic heterocycles. The minimum atomic E-state index is -1.70. The largest absolute Gasteiger partial charge is 0.399 e. The number of anilines is 1. The number of hydrogen-bond acceptors (Lipinski definition) is 3. The first-order valence-electron chi connectivity index (χ1n) is 6.25. The molecule has 1 saturated heterocycles. The van der Waals surface area contributed by atoms with Crippen LogP contribution in [0.4, 0.5) is 10.1 Å². The normalized spacial score (nSPS) is 18.3. The Morgan fingerprint density at radius 3 is 2.63 bits per heavy atom. The molecule has 2 N–H and O–H groups in total.